The zero-order valence-corrected chi connectivity index (χ0v) is 14.8. The summed E-state index contributed by atoms with van der Waals surface area (Å²) < 4.78 is 14.1. The highest BCUT2D eigenvalue weighted by Gasteiger charge is 2.33. The summed E-state index contributed by atoms with van der Waals surface area (Å²) in [6.45, 7) is 2.10. The molecule has 2 aliphatic rings. The third-order valence-corrected chi connectivity index (χ3v) is 4.79. The lowest BCUT2D eigenvalue weighted by molar-refractivity contribution is 0.246. The van der Waals surface area contributed by atoms with Gasteiger partial charge in [-0.3, -0.25) is 9.89 Å². The van der Waals surface area contributed by atoms with Crippen molar-refractivity contribution in [1.82, 2.24) is 0 Å². The van der Waals surface area contributed by atoms with E-state index in [9.17, 15) is 9.50 Å². The van der Waals surface area contributed by atoms with Crippen molar-refractivity contribution in [2.75, 3.05) is 11.4 Å². The maximum Gasteiger partial charge on any atom is 0.173 e. The van der Waals surface area contributed by atoms with Crippen LogP contribution in [0.25, 0.3) is 0 Å². The average Bonchev–Trinajstić information content (AvgIpc) is 2.80. The van der Waals surface area contributed by atoms with Crippen LogP contribution in [0.3, 0.4) is 0 Å². The number of aliphatic hydroxyl groups excluding tert-OH is 1. The van der Waals surface area contributed by atoms with Gasteiger partial charge in [-0.15, -0.1) is 5.10 Å². The Balaban J connectivity index is 1.94. The summed E-state index contributed by atoms with van der Waals surface area (Å²) >= 11 is 6.35. The largest absolute Gasteiger partial charge is 0.368 e. The summed E-state index contributed by atoms with van der Waals surface area (Å²) in [5.41, 5.74) is 2.99. The smallest absolute Gasteiger partial charge is 0.173 e. The van der Waals surface area contributed by atoms with E-state index in [1.54, 1.807) is 17.0 Å². The predicted octanol–water partition coefficient (Wildman–Crippen LogP) is 3.63. The molecule has 5 nitrogen and oxygen atoms in total. The van der Waals surface area contributed by atoms with E-state index in [1.807, 2.05) is 25.1 Å². The van der Waals surface area contributed by atoms with Gasteiger partial charge in [-0.25, -0.2) is 4.39 Å². The van der Waals surface area contributed by atoms with E-state index in [-0.39, 0.29) is 12.4 Å². The van der Waals surface area contributed by atoms with Gasteiger partial charge in [-0.2, -0.15) is 5.10 Å². The first kappa shape index (κ1) is 16.9. The van der Waals surface area contributed by atoms with Crippen LogP contribution in [0.4, 0.5) is 10.1 Å². The van der Waals surface area contributed by atoms with E-state index in [0.29, 0.717) is 45.5 Å². The number of aliphatic hydroxyl groups is 1. The lowest BCUT2D eigenvalue weighted by Crippen LogP contribution is -2.48. The van der Waals surface area contributed by atoms with Crippen molar-refractivity contribution in [2.24, 2.45) is 15.2 Å². The van der Waals surface area contributed by atoms with Gasteiger partial charge in [0.2, 0.25) is 0 Å². The first-order valence-corrected chi connectivity index (χ1v) is 8.67. The molecule has 0 spiro atoms. The molecule has 7 heteroatoms. The van der Waals surface area contributed by atoms with Crippen molar-refractivity contribution >= 4 is 34.5 Å². The average molecular weight is 371 g/mol. The highest BCUT2D eigenvalue weighted by molar-refractivity contribution is 6.36. The van der Waals surface area contributed by atoms with E-state index in [2.05, 4.69) is 15.2 Å². The quantitative estimate of drug-likeness (QED) is 0.877. The SMILES string of the molecule is CCC1=NN=C2CN=C(c3ccccc3Cl)c3cc(F)ccc3N2C1O. The number of benzene rings is 2. The molecular formula is C19H16ClFN4O. The van der Waals surface area contributed by atoms with Crippen molar-refractivity contribution in [3.63, 3.8) is 0 Å². The molecule has 0 amide bonds. The van der Waals surface area contributed by atoms with Gasteiger partial charge in [-0.1, -0.05) is 36.7 Å². The minimum absolute atomic E-state index is 0.203. The molecule has 0 aromatic heterocycles. The number of nitrogens with zero attached hydrogens (tertiary/aromatic N) is 4. The van der Waals surface area contributed by atoms with Crippen LogP contribution in [0.15, 0.2) is 57.7 Å². The van der Waals surface area contributed by atoms with E-state index in [0.717, 1.165) is 0 Å². The Morgan fingerprint density at radius 2 is 2.00 bits per heavy atom. The van der Waals surface area contributed by atoms with Crippen LogP contribution in [-0.4, -0.2) is 35.1 Å². The molecule has 2 heterocycles. The van der Waals surface area contributed by atoms with Gasteiger partial charge in [-0.05, 0) is 30.7 Å². The molecule has 0 saturated carbocycles. The molecule has 4 rings (SSSR count). The first-order valence-electron chi connectivity index (χ1n) is 8.30. The monoisotopic (exact) mass is 370 g/mol. The minimum atomic E-state index is -0.961. The number of hydrogen-bond donors (Lipinski definition) is 1. The fourth-order valence-electron chi connectivity index (χ4n) is 3.17. The van der Waals surface area contributed by atoms with Crippen LogP contribution in [-0.2, 0) is 0 Å². The Hall–Kier alpha value is -2.57. The summed E-state index contributed by atoms with van der Waals surface area (Å²) in [6, 6.07) is 11.7. The Labute approximate surface area is 155 Å². The molecule has 26 heavy (non-hydrogen) atoms. The maximum absolute atomic E-state index is 14.1. The molecule has 2 aromatic carbocycles. The predicted molar refractivity (Wildman–Crippen MR) is 102 cm³/mol. The van der Waals surface area contributed by atoms with Crippen LogP contribution in [0.5, 0.6) is 0 Å². The van der Waals surface area contributed by atoms with Crippen LogP contribution in [0.2, 0.25) is 5.02 Å². The number of rotatable bonds is 2. The van der Waals surface area contributed by atoms with Crippen molar-refractivity contribution in [1.29, 1.82) is 0 Å². The zero-order valence-electron chi connectivity index (χ0n) is 14.0. The molecular weight excluding hydrogens is 355 g/mol. The van der Waals surface area contributed by atoms with Crippen molar-refractivity contribution < 1.29 is 9.50 Å². The number of fused-ring (bicyclic) bond motifs is 3. The summed E-state index contributed by atoms with van der Waals surface area (Å²) in [5, 5.41) is 19.6. The summed E-state index contributed by atoms with van der Waals surface area (Å²) in [4.78, 5) is 6.28. The highest BCUT2D eigenvalue weighted by Crippen LogP contribution is 2.32. The van der Waals surface area contributed by atoms with Crippen LogP contribution < -0.4 is 4.90 Å². The third-order valence-electron chi connectivity index (χ3n) is 4.46. The molecule has 1 N–H and O–H groups in total. The molecule has 0 saturated heterocycles. The van der Waals surface area contributed by atoms with Gasteiger partial charge in [0.25, 0.3) is 0 Å². The summed E-state index contributed by atoms with van der Waals surface area (Å²) in [5.74, 6) is 0.115. The van der Waals surface area contributed by atoms with E-state index < -0.39 is 6.23 Å². The zero-order chi connectivity index (χ0) is 18.3. The number of aliphatic imine (C=N–C) groups is 1. The molecule has 132 valence electrons. The number of hydrogen-bond acceptors (Lipinski definition) is 5. The molecule has 0 fully saturated rings. The molecule has 1 unspecified atom stereocenters. The third kappa shape index (κ3) is 2.71. The second kappa shape index (κ2) is 6.63. The second-order valence-electron chi connectivity index (χ2n) is 6.01. The number of halogens is 2. The van der Waals surface area contributed by atoms with Gasteiger partial charge in [0.05, 0.1) is 23.7 Å². The van der Waals surface area contributed by atoms with E-state index >= 15 is 0 Å². The van der Waals surface area contributed by atoms with E-state index in [4.69, 9.17) is 11.6 Å². The van der Waals surface area contributed by atoms with Crippen molar-refractivity contribution in [3.05, 3.63) is 64.4 Å². The Kier molecular flexibility index (Phi) is 4.30. The molecule has 2 aliphatic heterocycles. The van der Waals surface area contributed by atoms with E-state index in [1.165, 1.54) is 12.1 Å². The first-order chi connectivity index (χ1) is 12.6. The molecule has 2 aromatic rings. The highest BCUT2D eigenvalue weighted by atomic mass is 35.5. The van der Waals surface area contributed by atoms with Crippen molar-refractivity contribution in [3.8, 4) is 0 Å². The fourth-order valence-corrected chi connectivity index (χ4v) is 3.40. The molecule has 0 aliphatic carbocycles. The molecule has 0 bridgehead atoms. The lowest BCUT2D eigenvalue weighted by atomic mass is 9.99. The van der Waals surface area contributed by atoms with Crippen LogP contribution in [0, 0.1) is 5.82 Å². The van der Waals surface area contributed by atoms with Gasteiger partial charge >= 0.3 is 0 Å². The van der Waals surface area contributed by atoms with Gasteiger partial charge in [0.15, 0.2) is 12.1 Å². The van der Waals surface area contributed by atoms with Gasteiger partial charge in [0.1, 0.15) is 5.82 Å². The molecule has 0 radical (unpaired) electrons. The number of amidine groups is 1. The Bertz CT molecular complexity index is 970. The normalized spacial score (nSPS) is 19.0. The maximum atomic E-state index is 14.1. The van der Waals surface area contributed by atoms with Crippen LogP contribution >= 0.6 is 11.6 Å². The van der Waals surface area contributed by atoms with Crippen LogP contribution in [0.1, 0.15) is 24.5 Å². The Morgan fingerprint density at radius 3 is 2.77 bits per heavy atom. The fraction of sp³-hybridized carbons (Fsp3) is 0.211. The van der Waals surface area contributed by atoms with Gasteiger partial charge < -0.3 is 5.11 Å². The number of anilines is 1. The van der Waals surface area contributed by atoms with Crippen molar-refractivity contribution in [2.45, 2.75) is 19.6 Å². The van der Waals surface area contributed by atoms with Gasteiger partial charge in [0, 0.05) is 16.1 Å². The standard InChI is InChI=1S/C19H16ClFN4O/c1-2-15-19(26)25-16-8-7-11(21)9-13(16)18(22-10-17(25)24-23-15)12-5-3-4-6-14(12)20/h3-9,19,26H,2,10H2,1H3. The summed E-state index contributed by atoms with van der Waals surface area (Å²) in [7, 11) is 0. The summed E-state index contributed by atoms with van der Waals surface area (Å²) in [6.07, 6.45) is -0.402. The minimum Gasteiger partial charge on any atom is -0.368 e. The molecule has 1 atom stereocenters. The topological polar surface area (TPSA) is 60.5 Å². The lowest BCUT2D eigenvalue weighted by Gasteiger charge is -2.32. The Morgan fingerprint density at radius 1 is 1.19 bits per heavy atom. The second-order valence-corrected chi connectivity index (χ2v) is 6.42.